The zero-order valence-corrected chi connectivity index (χ0v) is 11.3. The molecule has 2 rings (SSSR count). The molecule has 0 bridgehead atoms. The van der Waals surface area contributed by atoms with Crippen LogP contribution in [0.3, 0.4) is 0 Å². The number of carbonyl (C=O) groups excluding carboxylic acids is 1. The fourth-order valence-corrected chi connectivity index (χ4v) is 2.33. The maximum absolute atomic E-state index is 11.9. The Morgan fingerprint density at radius 3 is 2.56 bits per heavy atom. The molecule has 0 unspecified atom stereocenters. The molecule has 0 spiro atoms. The van der Waals surface area contributed by atoms with Gasteiger partial charge >= 0.3 is 0 Å². The summed E-state index contributed by atoms with van der Waals surface area (Å²) in [5.41, 5.74) is 5.01. The number of hydrogen-bond donors (Lipinski definition) is 1. The van der Waals surface area contributed by atoms with Gasteiger partial charge in [0.25, 0.3) is 5.91 Å². The number of aromatic nitrogens is 1. The molecule has 3 nitrogen and oxygen atoms in total. The van der Waals surface area contributed by atoms with Crippen LogP contribution in [0.5, 0.6) is 0 Å². The molecule has 0 saturated heterocycles. The average Bonchev–Trinajstić information content (AvgIpc) is 2.64. The van der Waals surface area contributed by atoms with Gasteiger partial charge < -0.3 is 9.88 Å². The zero-order valence-electron chi connectivity index (χ0n) is 11.3. The van der Waals surface area contributed by atoms with Gasteiger partial charge in [0.2, 0.25) is 0 Å². The third-order valence-electron chi connectivity index (χ3n) is 3.15. The van der Waals surface area contributed by atoms with E-state index in [-0.39, 0.29) is 5.91 Å². The highest BCUT2D eigenvalue weighted by molar-refractivity contribution is 6.09. The predicted molar refractivity (Wildman–Crippen MR) is 75.8 cm³/mol. The normalized spacial score (nSPS) is 10.7. The molecule has 1 amide bonds. The van der Waals surface area contributed by atoms with E-state index in [0.717, 1.165) is 27.6 Å². The molecule has 0 aliphatic rings. The minimum absolute atomic E-state index is 0.0566. The van der Waals surface area contributed by atoms with Crippen molar-refractivity contribution >= 4 is 22.4 Å². The topological polar surface area (TPSA) is 34.0 Å². The molecule has 0 aliphatic heterocycles. The number of carbonyl (C=O) groups is 1. The van der Waals surface area contributed by atoms with Gasteiger partial charge in [0.05, 0.1) is 11.1 Å². The molecule has 3 heteroatoms. The number of rotatable bonds is 2. The summed E-state index contributed by atoms with van der Waals surface area (Å²) in [6, 6.07) is 4.16. The van der Waals surface area contributed by atoms with Crippen molar-refractivity contribution in [3.63, 3.8) is 0 Å². The Kier molecular flexibility index (Phi) is 2.99. The van der Waals surface area contributed by atoms with E-state index in [1.165, 1.54) is 0 Å². The molecule has 94 valence electrons. The number of allylic oxidation sites excluding steroid dienone is 1. The lowest BCUT2D eigenvalue weighted by Crippen LogP contribution is -2.17. The summed E-state index contributed by atoms with van der Waals surface area (Å²) in [6.07, 6.45) is 1.87. The van der Waals surface area contributed by atoms with Crippen molar-refractivity contribution in [1.29, 1.82) is 0 Å². The molecular formula is C15H18N2O. The van der Waals surface area contributed by atoms with Crippen molar-refractivity contribution in [3.05, 3.63) is 41.6 Å². The van der Waals surface area contributed by atoms with Crippen LogP contribution in [0.25, 0.3) is 16.5 Å². The van der Waals surface area contributed by atoms with Crippen LogP contribution in [0.1, 0.15) is 28.4 Å². The molecule has 0 saturated carbocycles. The van der Waals surface area contributed by atoms with Gasteiger partial charge in [-0.15, -0.1) is 0 Å². The number of hydrogen-bond acceptors (Lipinski definition) is 1. The first kappa shape index (κ1) is 12.4. The Morgan fingerprint density at radius 1 is 1.33 bits per heavy atom. The highest BCUT2D eigenvalue weighted by Gasteiger charge is 2.16. The quantitative estimate of drug-likeness (QED) is 0.863. The van der Waals surface area contributed by atoms with Gasteiger partial charge in [-0.1, -0.05) is 6.58 Å². The van der Waals surface area contributed by atoms with Crippen LogP contribution in [-0.4, -0.2) is 17.5 Å². The highest BCUT2D eigenvalue weighted by atomic mass is 16.1. The van der Waals surface area contributed by atoms with Gasteiger partial charge in [-0.2, -0.15) is 0 Å². The smallest absolute Gasteiger partial charge is 0.253 e. The molecule has 1 heterocycles. The molecule has 0 atom stereocenters. The standard InChI is InChI=1S/C15H18N2O/c1-9(2)11-6-10(3)7-12-13(15(18)16-4)8-17(5)14(11)12/h6-8H,1H2,2-5H3,(H,16,18). The van der Waals surface area contributed by atoms with Gasteiger partial charge in [-0.05, 0) is 37.1 Å². The molecule has 18 heavy (non-hydrogen) atoms. The summed E-state index contributed by atoms with van der Waals surface area (Å²) in [5.74, 6) is -0.0566. The molecule has 1 N–H and O–H groups in total. The van der Waals surface area contributed by atoms with Crippen LogP contribution in [0.4, 0.5) is 0 Å². The number of nitrogens with zero attached hydrogens (tertiary/aromatic N) is 1. The number of amides is 1. The van der Waals surface area contributed by atoms with E-state index in [1.54, 1.807) is 7.05 Å². The monoisotopic (exact) mass is 242 g/mol. The molecule has 2 aromatic rings. The third-order valence-corrected chi connectivity index (χ3v) is 3.15. The van der Waals surface area contributed by atoms with Crippen LogP contribution in [0, 0.1) is 6.92 Å². The summed E-state index contributed by atoms with van der Waals surface area (Å²) in [7, 11) is 3.60. The molecule has 1 aromatic heterocycles. The Balaban J connectivity index is 2.88. The van der Waals surface area contributed by atoms with Crippen LogP contribution >= 0.6 is 0 Å². The second-order valence-electron chi connectivity index (χ2n) is 4.72. The van der Waals surface area contributed by atoms with E-state index < -0.39 is 0 Å². The number of aryl methyl sites for hydroxylation is 2. The number of benzene rings is 1. The van der Waals surface area contributed by atoms with E-state index in [2.05, 4.69) is 18.0 Å². The summed E-state index contributed by atoms with van der Waals surface area (Å²) >= 11 is 0. The van der Waals surface area contributed by atoms with E-state index >= 15 is 0 Å². The Bertz CT molecular complexity index is 650. The molecule has 1 aromatic carbocycles. The number of fused-ring (bicyclic) bond motifs is 1. The van der Waals surface area contributed by atoms with Crippen molar-refractivity contribution < 1.29 is 4.79 Å². The van der Waals surface area contributed by atoms with Crippen LogP contribution in [0.15, 0.2) is 24.9 Å². The SMILES string of the molecule is C=C(C)c1cc(C)cc2c(C(=O)NC)cn(C)c12. The van der Waals surface area contributed by atoms with E-state index in [1.807, 2.05) is 37.7 Å². The lowest BCUT2D eigenvalue weighted by Gasteiger charge is -2.07. The second kappa shape index (κ2) is 4.33. The van der Waals surface area contributed by atoms with Crippen molar-refractivity contribution in [3.8, 4) is 0 Å². The Labute approximate surface area is 107 Å². The summed E-state index contributed by atoms with van der Waals surface area (Å²) in [6.45, 7) is 8.04. The fourth-order valence-electron chi connectivity index (χ4n) is 2.33. The fraction of sp³-hybridized carbons (Fsp3) is 0.267. The minimum atomic E-state index is -0.0566. The minimum Gasteiger partial charge on any atom is -0.355 e. The summed E-state index contributed by atoms with van der Waals surface area (Å²) in [4.78, 5) is 11.9. The first-order chi connectivity index (χ1) is 8.45. The van der Waals surface area contributed by atoms with Crippen LogP contribution in [0.2, 0.25) is 0 Å². The molecule has 0 aliphatic carbocycles. The van der Waals surface area contributed by atoms with Crippen LogP contribution in [-0.2, 0) is 7.05 Å². The van der Waals surface area contributed by atoms with Crippen molar-refractivity contribution in [1.82, 2.24) is 9.88 Å². The summed E-state index contributed by atoms with van der Waals surface area (Å²) < 4.78 is 1.99. The Morgan fingerprint density at radius 2 is 2.00 bits per heavy atom. The largest absolute Gasteiger partial charge is 0.355 e. The third kappa shape index (κ3) is 1.82. The second-order valence-corrected chi connectivity index (χ2v) is 4.72. The van der Waals surface area contributed by atoms with E-state index in [9.17, 15) is 4.79 Å². The van der Waals surface area contributed by atoms with Gasteiger partial charge in [-0.3, -0.25) is 4.79 Å². The van der Waals surface area contributed by atoms with Crippen molar-refractivity contribution in [2.24, 2.45) is 7.05 Å². The average molecular weight is 242 g/mol. The maximum Gasteiger partial charge on any atom is 0.253 e. The maximum atomic E-state index is 11.9. The summed E-state index contributed by atoms with van der Waals surface area (Å²) in [5, 5.41) is 3.66. The van der Waals surface area contributed by atoms with Crippen molar-refractivity contribution in [2.45, 2.75) is 13.8 Å². The first-order valence-corrected chi connectivity index (χ1v) is 5.93. The molecular weight excluding hydrogens is 224 g/mol. The van der Waals surface area contributed by atoms with Gasteiger partial charge in [0.15, 0.2) is 0 Å². The van der Waals surface area contributed by atoms with Gasteiger partial charge in [0, 0.05) is 31.2 Å². The predicted octanol–water partition coefficient (Wildman–Crippen LogP) is 2.88. The first-order valence-electron chi connectivity index (χ1n) is 5.93. The number of nitrogens with one attached hydrogen (secondary N) is 1. The van der Waals surface area contributed by atoms with Crippen LogP contribution < -0.4 is 5.32 Å². The van der Waals surface area contributed by atoms with Crippen molar-refractivity contribution in [2.75, 3.05) is 7.05 Å². The van der Waals surface area contributed by atoms with Gasteiger partial charge in [0.1, 0.15) is 0 Å². The highest BCUT2D eigenvalue weighted by Crippen LogP contribution is 2.29. The molecule has 0 radical (unpaired) electrons. The lowest BCUT2D eigenvalue weighted by molar-refractivity contribution is 0.0964. The van der Waals surface area contributed by atoms with Gasteiger partial charge in [-0.25, -0.2) is 0 Å². The lowest BCUT2D eigenvalue weighted by atomic mass is 10.0. The zero-order chi connectivity index (χ0) is 13.4. The van der Waals surface area contributed by atoms with E-state index in [0.29, 0.717) is 5.56 Å². The Hall–Kier alpha value is -2.03. The molecule has 0 fully saturated rings. The van der Waals surface area contributed by atoms with E-state index in [4.69, 9.17) is 0 Å².